The minimum Gasteiger partial charge on any atom is -0.488 e. The molecular formula is C29H26FN3O5S. The Morgan fingerprint density at radius 3 is 2.46 bits per heavy atom. The fraction of sp³-hybridized carbons (Fsp3) is 0.207. The number of hydrogen-bond acceptors (Lipinski definition) is 7. The molecule has 0 aliphatic carbocycles. The highest BCUT2D eigenvalue weighted by molar-refractivity contribution is 8.18. The van der Waals surface area contributed by atoms with E-state index in [1.165, 1.54) is 12.1 Å². The second-order valence-corrected chi connectivity index (χ2v) is 9.91. The summed E-state index contributed by atoms with van der Waals surface area (Å²) in [6.45, 7) is 2.79. The second kappa shape index (κ2) is 12.1. The molecule has 0 spiro atoms. The maximum atomic E-state index is 13.2. The van der Waals surface area contributed by atoms with Gasteiger partial charge in [0.25, 0.3) is 11.1 Å². The van der Waals surface area contributed by atoms with Crippen LogP contribution in [0.15, 0.2) is 77.7 Å². The van der Waals surface area contributed by atoms with Crippen LogP contribution in [0.1, 0.15) is 11.1 Å². The predicted molar refractivity (Wildman–Crippen MR) is 148 cm³/mol. The van der Waals surface area contributed by atoms with E-state index >= 15 is 0 Å². The first kappa shape index (κ1) is 26.5. The summed E-state index contributed by atoms with van der Waals surface area (Å²) < 4.78 is 24.4. The van der Waals surface area contributed by atoms with E-state index < -0.39 is 23.6 Å². The Labute approximate surface area is 229 Å². The maximum absolute atomic E-state index is 13.2. The van der Waals surface area contributed by atoms with Crippen molar-refractivity contribution in [3.05, 3.63) is 94.6 Å². The molecular weight excluding hydrogens is 521 g/mol. The van der Waals surface area contributed by atoms with Gasteiger partial charge in [0.2, 0.25) is 5.91 Å². The lowest BCUT2D eigenvalue weighted by atomic mass is 10.1. The predicted octanol–water partition coefficient (Wildman–Crippen LogP) is 4.92. The van der Waals surface area contributed by atoms with Gasteiger partial charge in [-0.15, -0.1) is 0 Å². The molecule has 2 fully saturated rings. The molecule has 8 nitrogen and oxygen atoms in total. The van der Waals surface area contributed by atoms with Crippen LogP contribution < -0.4 is 15.0 Å². The van der Waals surface area contributed by atoms with Gasteiger partial charge in [0.15, 0.2) is 0 Å². The third-order valence-corrected chi connectivity index (χ3v) is 7.12. The number of nitrogens with one attached hydrogen (secondary N) is 1. The van der Waals surface area contributed by atoms with Crippen LogP contribution in [0.5, 0.6) is 5.75 Å². The van der Waals surface area contributed by atoms with Gasteiger partial charge < -0.3 is 19.7 Å². The van der Waals surface area contributed by atoms with E-state index in [9.17, 15) is 18.8 Å². The second-order valence-electron chi connectivity index (χ2n) is 8.92. The molecule has 0 saturated carbocycles. The number of amides is 3. The van der Waals surface area contributed by atoms with Crippen molar-refractivity contribution in [1.29, 1.82) is 0 Å². The van der Waals surface area contributed by atoms with E-state index in [1.54, 1.807) is 54.6 Å². The third kappa shape index (κ3) is 6.65. The third-order valence-electron chi connectivity index (χ3n) is 6.22. The van der Waals surface area contributed by atoms with E-state index in [0.29, 0.717) is 30.2 Å². The summed E-state index contributed by atoms with van der Waals surface area (Å²) >= 11 is 0.773. The number of para-hydroxylation sites is 1. The van der Waals surface area contributed by atoms with Gasteiger partial charge in [-0.2, -0.15) is 0 Å². The molecule has 39 heavy (non-hydrogen) atoms. The molecule has 2 aliphatic rings. The number of halogens is 1. The fourth-order valence-corrected chi connectivity index (χ4v) is 5.00. The number of rotatable bonds is 8. The minimum absolute atomic E-state index is 0.195. The van der Waals surface area contributed by atoms with Crippen molar-refractivity contribution in [3.8, 4) is 5.75 Å². The summed E-state index contributed by atoms with van der Waals surface area (Å²) in [7, 11) is 0. The zero-order valence-corrected chi connectivity index (χ0v) is 21.8. The van der Waals surface area contributed by atoms with Crippen LogP contribution in [0.25, 0.3) is 6.08 Å². The summed E-state index contributed by atoms with van der Waals surface area (Å²) in [5.74, 6) is -0.839. The lowest BCUT2D eigenvalue weighted by Crippen LogP contribution is -2.36. The van der Waals surface area contributed by atoms with Crippen LogP contribution in [-0.2, 0) is 20.9 Å². The quantitative estimate of drug-likeness (QED) is 0.401. The Bertz CT molecular complexity index is 1390. The smallest absolute Gasteiger partial charge is 0.294 e. The number of imide groups is 1. The van der Waals surface area contributed by atoms with E-state index in [1.807, 2.05) is 12.1 Å². The fourth-order valence-electron chi connectivity index (χ4n) is 4.17. The number of morpholine rings is 1. The van der Waals surface area contributed by atoms with Gasteiger partial charge in [-0.25, -0.2) is 4.39 Å². The van der Waals surface area contributed by atoms with Crippen molar-refractivity contribution in [2.75, 3.05) is 43.1 Å². The number of anilines is 2. The monoisotopic (exact) mass is 547 g/mol. The van der Waals surface area contributed by atoms with Crippen molar-refractivity contribution in [1.82, 2.24) is 4.90 Å². The Kier molecular flexibility index (Phi) is 8.24. The molecule has 2 saturated heterocycles. The van der Waals surface area contributed by atoms with Gasteiger partial charge in [-0.05, 0) is 65.9 Å². The average Bonchev–Trinajstić information content (AvgIpc) is 3.21. The molecule has 0 bridgehead atoms. The van der Waals surface area contributed by atoms with Gasteiger partial charge in [0.1, 0.15) is 24.7 Å². The number of nitrogens with zero attached hydrogens (tertiary/aromatic N) is 2. The van der Waals surface area contributed by atoms with Crippen molar-refractivity contribution in [3.63, 3.8) is 0 Å². The Morgan fingerprint density at radius 2 is 1.72 bits per heavy atom. The standard InChI is InChI=1S/C29H26FN3O5S/c30-22-7-5-20(6-8-22)19-38-25-4-2-1-3-21(25)17-26-28(35)33(29(36)39-26)18-27(34)31-23-9-11-24(12-10-23)32-13-15-37-16-14-32/h1-12,17H,13-16,18-19H2,(H,31,34)/b26-17+. The number of carbonyl (C=O) groups excluding carboxylic acids is 3. The van der Waals surface area contributed by atoms with Gasteiger partial charge in [-0.1, -0.05) is 30.3 Å². The first-order valence-electron chi connectivity index (χ1n) is 12.4. The van der Waals surface area contributed by atoms with Crippen molar-refractivity contribution >= 4 is 46.3 Å². The first-order chi connectivity index (χ1) is 19.0. The number of hydrogen-bond donors (Lipinski definition) is 1. The van der Waals surface area contributed by atoms with Crippen molar-refractivity contribution < 1.29 is 28.2 Å². The van der Waals surface area contributed by atoms with Crippen LogP contribution >= 0.6 is 11.8 Å². The zero-order valence-electron chi connectivity index (χ0n) is 21.0. The molecule has 3 amide bonds. The molecule has 1 N–H and O–H groups in total. The number of ether oxygens (including phenoxy) is 2. The molecule has 0 radical (unpaired) electrons. The summed E-state index contributed by atoms with van der Waals surface area (Å²) in [5.41, 5.74) is 3.00. The van der Waals surface area contributed by atoms with Gasteiger partial charge in [-0.3, -0.25) is 19.3 Å². The average molecular weight is 548 g/mol. The number of carbonyl (C=O) groups is 3. The highest BCUT2D eigenvalue weighted by Crippen LogP contribution is 2.34. The lowest BCUT2D eigenvalue weighted by molar-refractivity contribution is -0.127. The Morgan fingerprint density at radius 1 is 1.00 bits per heavy atom. The normalized spacial score (nSPS) is 16.6. The number of thioether (sulfide) groups is 1. The molecule has 200 valence electrons. The Hall–Kier alpha value is -4.15. The molecule has 3 aromatic carbocycles. The van der Waals surface area contributed by atoms with E-state index in [2.05, 4.69) is 10.2 Å². The van der Waals surface area contributed by atoms with E-state index in [-0.39, 0.29) is 17.3 Å². The van der Waals surface area contributed by atoms with Crippen LogP contribution in [0, 0.1) is 5.82 Å². The van der Waals surface area contributed by atoms with Crippen LogP contribution in [0.3, 0.4) is 0 Å². The number of benzene rings is 3. The molecule has 10 heteroatoms. The van der Waals surface area contributed by atoms with E-state index in [0.717, 1.165) is 41.0 Å². The summed E-state index contributed by atoms with van der Waals surface area (Å²) in [5, 5.41) is 2.23. The van der Waals surface area contributed by atoms with Gasteiger partial charge in [0, 0.05) is 30.0 Å². The van der Waals surface area contributed by atoms with Crippen LogP contribution in [0.2, 0.25) is 0 Å². The van der Waals surface area contributed by atoms with Gasteiger partial charge in [0.05, 0.1) is 18.1 Å². The first-order valence-corrected chi connectivity index (χ1v) is 13.2. The zero-order chi connectivity index (χ0) is 27.2. The minimum atomic E-state index is -0.545. The van der Waals surface area contributed by atoms with E-state index in [4.69, 9.17) is 9.47 Å². The lowest BCUT2D eigenvalue weighted by Gasteiger charge is -2.28. The molecule has 0 unspecified atom stereocenters. The molecule has 0 aromatic heterocycles. The summed E-state index contributed by atoms with van der Waals surface area (Å²) in [6, 6.07) is 20.5. The molecule has 2 heterocycles. The summed E-state index contributed by atoms with van der Waals surface area (Å²) in [4.78, 5) is 41.6. The highest BCUT2D eigenvalue weighted by atomic mass is 32.2. The van der Waals surface area contributed by atoms with Crippen molar-refractivity contribution in [2.45, 2.75) is 6.61 Å². The van der Waals surface area contributed by atoms with Crippen LogP contribution in [0.4, 0.5) is 20.6 Å². The molecule has 5 rings (SSSR count). The van der Waals surface area contributed by atoms with Crippen LogP contribution in [-0.4, -0.2) is 54.8 Å². The topological polar surface area (TPSA) is 88.2 Å². The molecule has 2 aliphatic heterocycles. The highest BCUT2D eigenvalue weighted by Gasteiger charge is 2.36. The molecule has 3 aromatic rings. The largest absolute Gasteiger partial charge is 0.488 e. The van der Waals surface area contributed by atoms with Gasteiger partial charge >= 0.3 is 0 Å². The Balaban J connectivity index is 1.20. The SMILES string of the molecule is O=C(CN1C(=O)S/C(=C/c2ccccc2OCc2ccc(F)cc2)C1=O)Nc1ccc(N2CCOCC2)cc1. The summed E-state index contributed by atoms with van der Waals surface area (Å²) in [6.07, 6.45) is 1.58. The molecule has 0 atom stereocenters. The maximum Gasteiger partial charge on any atom is 0.294 e. The van der Waals surface area contributed by atoms with Crippen molar-refractivity contribution in [2.24, 2.45) is 0 Å².